The van der Waals surface area contributed by atoms with Crippen molar-refractivity contribution in [2.75, 3.05) is 0 Å². The van der Waals surface area contributed by atoms with E-state index in [1.165, 1.54) is 47.7 Å². The van der Waals surface area contributed by atoms with Gasteiger partial charge in [-0.2, -0.15) is 0 Å². The van der Waals surface area contributed by atoms with Gasteiger partial charge >= 0.3 is 0 Å². The smallest absolute Gasteiger partial charge is 0.0965 e. The van der Waals surface area contributed by atoms with Gasteiger partial charge in [0.1, 0.15) is 0 Å². The van der Waals surface area contributed by atoms with Crippen molar-refractivity contribution in [1.29, 1.82) is 0 Å². The number of hydrogen-bond acceptors (Lipinski definition) is 3. The lowest BCUT2D eigenvalue weighted by Crippen LogP contribution is -2.21. The molecule has 0 amide bonds. The molecular weight excluding hydrogens is 264 g/mol. The Hall–Kier alpha value is -0.410. The molecule has 2 aliphatic rings. The topological polar surface area (TPSA) is 24.9 Å². The molecule has 0 aliphatic heterocycles. The first-order valence-electron chi connectivity index (χ1n) is 8.39. The maximum atomic E-state index is 5.06. The summed E-state index contributed by atoms with van der Waals surface area (Å²) in [4.78, 5) is 6.56. The zero-order valence-corrected chi connectivity index (χ0v) is 13.9. The standard InChI is InChI=1S/C17H28N2S/c1-4-5-15-16(10-18-11(2)3)20-17(19-15)14-9-12-6-7-13(14)8-12/h11-14,18H,4-10H2,1-3H3. The zero-order valence-electron chi connectivity index (χ0n) is 13.1. The van der Waals surface area contributed by atoms with E-state index < -0.39 is 0 Å². The van der Waals surface area contributed by atoms with E-state index in [0.717, 1.165) is 30.7 Å². The summed E-state index contributed by atoms with van der Waals surface area (Å²) >= 11 is 2.00. The molecule has 3 unspecified atom stereocenters. The van der Waals surface area contributed by atoms with E-state index in [1.54, 1.807) is 0 Å². The summed E-state index contributed by atoms with van der Waals surface area (Å²) in [5.41, 5.74) is 1.38. The number of thiazole rings is 1. The van der Waals surface area contributed by atoms with Gasteiger partial charge in [-0.15, -0.1) is 11.3 Å². The van der Waals surface area contributed by atoms with Crippen LogP contribution in [0.4, 0.5) is 0 Å². The first-order valence-corrected chi connectivity index (χ1v) is 9.20. The number of nitrogens with zero attached hydrogens (tertiary/aromatic N) is 1. The zero-order chi connectivity index (χ0) is 14.1. The fourth-order valence-corrected chi connectivity index (χ4v) is 5.25. The number of fused-ring (bicyclic) bond motifs is 2. The van der Waals surface area contributed by atoms with E-state index >= 15 is 0 Å². The van der Waals surface area contributed by atoms with Crippen LogP contribution < -0.4 is 5.32 Å². The molecule has 0 radical (unpaired) electrons. The van der Waals surface area contributed by atoms with Crippen LogP contribution >= 0.6 is 11.3 Å². The second kappa shape index (κ2) is 6.15. The molecule has 1 heterocycles. The minimum Gasteiger partial charge on any atom is -0.310 e. The first kappa shape index (κ1) is 14.5. The average molecular weight is 292 g/mol. The summed E-state index contributed by atoms with van der Waals surface area (Å²) in [5, 5.41) is 5.03. The molecule has 3 rings (SSSR count). The van der Waals surface area contributed by atoms with Gasteiger partial charge in [0.05, 0.1) is 10.7 Å². The molecule has 1 aromatic heterocycles. The van der Waals surface area contributed by atoms with Crippen LogP contribution in [0.15, 0.2) is 0 Å². The van der Waals surface area contributed by atoms with Crippen molar-refractivity contribution in [1.82, 2.24) is 10.3 Å². The lowest BCUT2D eigenvalue weighted by molar-refractivity contribution is 0.418. The number of aromatic nitrogens is 1. The molecule has 2 nitrogen and oxygen atoms in total. The summed E-state index contributed by atoms with van der Waals surface area (Å²) in [6.45, 7) is 7.70. The summed E-state index contributed by atoms with van der Waals surface area (Å²) < 4.78 is 0. The van der Waals surface area contributed by atoms with Crippen LogP contribution in [0, 0.1) is 11.8 Å². The van der Waals surface area contributed by atoms with E-state index in [9.17, 15) is 0 Å². The molecule has 2 aliphatic carbocycles. The van der Waals surface area contributed by atoms with Crippen molar-refractivity contribution in [3.05, 3.63) is 15.6 Å². The Labute approximate surface area is 127 Å². The lowest BCUT2D eigenvalue weighted by atomic mass is 9.89. The second-order valence-electron chi connectivity index (χ2n) is 6.99. The fourth-order valence-electron chi connectivity index (χ4n) is 3.98. The van der Waals surface area contributed by atoms with Crippen molar-refractivity contribution in [2.45, 2.75) is 77.8 Å². The highest BCUT2D eigenvalue weighted by atomic mass is 32.1. The third-order valence-corrected chi connectivity index (χ3v) is 6.24. The summed E-state index contributed by atoms with van der Waals surface area (Å²) in [6.07, 6.45) is 8.18. The molecule has 0 aromatic carbocycles. The van der Waals surface area contributed by atoms with Gasteiger partial charge in [-0.3, -0.25) is 0 Å². The van der Waals surface area contributed by atoms with Gasteiger partial charge < -0.3 is 5.32 Å². The van der Waals surface area contributed by atoms with E-state index in [0.29, 0.717) is 6.04 Å². The number of aryl methyl sites for hydroxylation is 1. The third kappa shape index (κ3) is 2.94. The highest BCUT2D eigenvalue weighted by Gasteiger charge is 2.41. The summed E-state index contributed by atoms with van der Waals surface area (Å²) in [6, 6.07) is 0.553. The highest BCUT2D eigenvalue weighted by Crippen LogP contribution is 2.53. The predicted octanol–water partition coefficient (Wildman–Crippen LogP) is 4.50. The maximum absolute atomic E-state index is 5.06. The minimum absolute atomic E-state index is 0.553. The number of hydrogen-bond donors (Lipinski definition) is 1. The lowest BCUT2D eigenvalue weighted by Gasteiger charge is -2.18. The van der Waals surface area contributed by atoms with Gasteiger partial charge in [-0.1, -0.05) is 33.6 Å². The Morgan fingerprint density at radius 2 is 2.15 bits per heavy atom. The molecule has 2 fully saturated rings. The van der Waals surface area contributed by atoms with Crippen LogP contribution in [0.25, 0.3) is 0 Å². The Kier molecular flexibility index (Phi) is 4.46. The fraction of sp³-hybridized carbons (Fsp3) is 0.824. The van der Waals surface area contributed by atoms with Gasteiger partial charge in [0, 0.05) is 23.4 Å². The minimum atomic E-state index is 0.553. The SMILES string of the molecule is CCCc1nc(C2CC3CCC2C3)sc1CNC(C)C. The third-order valence-electron chi connectivity index (χ3n) is 5.01. The average Bonchev–Trinajstić information content (AvgIpc) is 3.11. The van der Waals surface area contributed by atoms with E-state index in [-0.39, 0.29) is 0 Å². The van der Waals surface area contributed by atoms with Crippen molar-refractivity contribution in [2.24, 2.45) is 11.8 Å². The number of rotatable bonds is 6. The summed E-state index contributed by atoms with van der Waals surface area (Å²) in [7, 11) is 0. The van der Waals surface area contributed by atoms with E-state index in [4.69, 9.17) is 4.98 Å². The molecule has 2 bridgehead atoms. The molecule has 3 heteroatoms. The molecule has 1 aromatic rings. The quantitative estimate of drug-likeness (QED) is 0.835. The molecule has 1 N–H and O–H groups in total. The highest BCUT2D eigenvalue weighted by molar-refractivity contribution is 7.11. The van der Waals surface area contributed by atoms with E-state index in [1.807, 2.05) is 11.3 Å². The van der Waals surface area contributed by atoms with Gasteiger partial charge in [0.25, 0.3) is 0 Å². The monoisotopic (exact) mass is 292 g/mol. The summed E-state index contributed by atoms with van der Waals surface area (Å²) in [5.74, 6) is 2.76. The molecule has 3 atom stereocenters. The van der Waals surface area contributed by atoms with Crippen LogP contribution in [0.1, 0.15) is 74.4 Å². The van der Waals surface area contributed by atoms with Crippen LogP contribution in [-0.2, 0) is 13.0 Å². The number of nitrogens with one attached hydrogen (secondary N) is 1. The normalized spacial score (nSPS) is 28.7. The maximum Gasteiger partial charge on any atom is 0.0965 e. The predicted molar refractivity (Wildman–Crippen MR) is 86.3 cm³/mol. The van der Waals surface area contributed by atoms with Gasteiger partial charge in [0.15, 0.2) is 0 Å². The molecule has 0 spiro atoms. The Morgan fingerprint density at radius 3 is 2.75 bits per heavy atom. The van der Waals surface area contributed by atoms with Crippen molar-refractivity contribution < 1.29 is 0 Å². The van der Waals surface area contributed by atoms with Crippen molar-refractivity contribution in [3.8, 4) is 0 Å². The Morgan fingerprint density at radius 1 is 1.30 bits per heavy atom. The molecular formula is C17H28N2S. The van der Waals surface area contributed by atoms with E-state index in [2.05, 4.69) is 26.1 Å². The van der Waals surface area contributed by atoms with Crippen LogP contribution in [0.2, 0.25) is 0 Å². The van der Waals surface area contributed by atoms with Gasteiger partial charge in [0.2, 0.25) is 0 Å². The van der Waals surface area contributed by atoms with Crippen LogP contribution in [0.5, 0.6) is 0 Å². The second-order valence-corrected chi connectivity index (χ2v) is 8.10. The molecule has 2 saturated carbocycles. The van der Waals surface area contributed by atoms with Crippen molar-refractivity contribution in [3.63, 3.8) is 0 Å². The van der Waals surface area contributed by atoms with Gasteiger partial charge in [-0.25, -0.2) is 4.98 Å². The first-order chi connectivity index (χ1) is 9.67. The molecule has 0 saturated heterocycles. The molecule has 112 valence electrons. The van der Waals surface area contributed by atoms with Crippen LogP contribution in [0.3, 0.4) is 0 Å². The molecule has 20 heavy (non-hydrogen) atoms. The van der Waals surface area contributed by atoms with Crippen molar-refractivity contribution >= 4 is 11.3 Å². The Balaban J connectivity index is 1.76. The Bertz CT molecular complexity index is 452. The van der Waals surface area contributed by atoms with Crippen LogP contribution in [-0.4, -0.2) is 11.0 Å². The van der Waals surface area contributed by atoms with Gasteiger partial charge in [-0.05, 0) is 37.5 Å². The largest absolute Gasteiger partial charge is 0.310 e.